The number of anilines is 2. The van der Waals surface area contributed by atoms with Crippen LogP contribution in [0.2, 0.25) is 0 Å². The van der Waals surface area contributed by atoms with Gasteiger partial charge < -0.3 is 5.32 Å². The molecule has 0 unspecified atom stereocenters. The number of rotatable bonds is 2. The fraction of sp³-hybridized carbons (Fsp3) is 0.360. The molecule has 0 atom stereocenters. The molecular weight excluding hydrogens is 314 g/mol. The highest BCUT2D eigenvalue weighted by Crippen LogP contribution is 2.26. The predicted octanol–water partition coefficient (Wildman–Crippen LogP) is 8.66. The van der Waals surface area contributed by atoms with Gasteiger partial charge in [-0.3, -0.25) is 0 Å². The highest BCUT2D eigenvalue weighted by molar-refractivity contribution is 5.69. The van der Waals surface area contributed by atoms with E-state index in [1.54, 1.807) is 0 Å². The summed E-state index contributed by atoms with van der Waals surface area (Å²) in [6, 6.07) is 16.7. The van der Waals surface area contributed by atoms with Crippen LogP contribution in [-0.4, -0.2) is 0 Å². The minimum Gasteiger partial charge on any atom is -0.356 e. The Balaban J connectivity index is 0. The van der Waals surface area contributed by atoms with E-state index in [1.165, 1.54) is 16.7 Å². The molecule has 1 aliphatic carbocycles. The molecule has 1 aliphatic rings. The Morgan fingerprint density at radius 2 is 1.27 bits per heavy atom. The molecule has 0 aromatic heterocycles. The van der Waals surface area contributed by atoms with E-state index in [0.29, 0.717) is 0 Å². The minimum atomic E-state index is 0.956. The van der Waals surface area contributed by atoms with Gasteiger partial charge in [0.1, 0.15) is 0 Å². The van der Waals surface area contributed by atoms with Crippen LogP contribution in [-0.2, 0) is 6.42 Å². The van der Waals surface area contributed by atoms with Gasteiger partial charge in [-0.2, -0.15) is 0 Å². The molecule has 0 fully saturated rings. The van der Waals surface area contributed by atoms with Crippen molar-refractivity contribution in [3.05, 3.63) is 77.9 Å². The first kappa shape index (κ1) is 26.0. The lowest BCUT2D eigenvalue weighted by atomic mass is 9.94. The Hall–Kier alpha value is -2.28. The number of nitrogens with one attached hydrogen (secondary N) is 1. The first-order chi connectivity index (χ1) is 12.8. The molecule has 2 aromatic carbocycles. The average molecular weight is 354 g/mol. The van der Waals surface area contributed by atoms with Crippen molar-refractivity contribution in [2.24, 2.45) is 0 Å². The van der Waals surface area contributed by atoms with Crippen LogP contribution in [0.3, 0.4) is 0 Å². The molecule has 0 amide bonds. The maximum absolute atomic E-state index is 4.00. The van der Waals surface area contributed by atoms with E-state index in [-0.39, 0.29) is 0 Å². The topological polar surface area (TPSA) is 12.0 Å². The normalized spacial score (nSPS) is 10.1. The summed E-state index contributed by atoms with van der Waals surface area (Å²) in [5.41, 5.74) is 6.04. The van der Waals surface area contributed by atoms with E-state index in [1.807, 2.05) is 73.6 Å². The van der Waals surface area contributed by atoms with Crippen molar-refractivity contribution in [3.63, 3.8) is 0 Å². The average Bonchev–Trinajstić information content (AvgIpc) is 2.75. The van der Waals surface area contributed by atoms with Crippen LogP contribution in [0, 0.1) is 0 Å². The highest BCUT2D eigenvalue weighted by atomic mass is 14.9. The Labute approximate surface area is 162 Å². The van der Waals surface area contributed by atoms with Crippen molar-refractivity contribution in [3.8, 4) is 0 Å². The van der Waals surface area contributed by atoms with Crippen LogP contribution in [0.4, 0.5) is 11.4 Å². The molecule has 1 nitrogen and oxygen atoms in total. The molecule has 0 heterocycles. The quantitative estimate of drug-likeness (QED) is 0.569. The van der Waals surface area contributed by atoms with Crippen molar-refractivity contribution in [2.75, 3.05) is 5.32 Å². The third kappa shape index (κ3) is 9.27. The number of allylic oxidation sites excluding steroid dienone is 2. The zero-order chi connectivity index (χ0) is 20.4. The van der Waals surface area contributed by atoms with Gasteiger partial charge in [0.25, 0.3) is 0 Å². The molecule has 0 saturated heterocycles. The van der Waals surface area contributed by atoms with Crippen molar-refractivity contribution in [1.29, 1.82) is 0 Å². The van der Waals surface area contributed by atoms with Gasteiger partial charge in [-0.1, -0.05) is 104 Å². The molecule has 26 heavy (non-hydrogen) atoms. The molecule has 2 aromatic rings. The molecular formula is C25H39N. The Morgan fingerprint density at radius 3 is 1.85 bits per heavy atom. The number of para-hydroxylation sites is 1. The van der Waals surface area contributed by atoms with E-state index in [4.69, 9.17) is 0 Å². The van der Waals surface area contributed by atoms with Gasteiger partial charge in [0.2, 0.25) is 0 Å². The fourth-order valence-corrected chi connectivity index (χ4v) is 2.19. The molecule has 0 saturated carbocycles. The van der Waals surface area contributed by atoms with Crippen LogP contribution in [0.15, 0.2) is 66.8 Å². The van der Waals surface area contributed by atoms with Gasteiger partial charge in [0.15, 0.2) is 0 Å². The van der Waals surface area contributed by atoms with E-state index >= 15 is 0 Å². The van der Waals surface area contributed by atoms with E-state index in [9.17, 15) is 0 Å². The summed E-state index contributed by atoms with van der Waals surface area (Å²) in [6.45, 7) is 20.0. The van der Waals surface area contributed by atoms with Crippen molar-refractivity contribution in [2.45, 2.75) is 61.8 Å². The molecule has 1 heteroatoms. The first-order valence-electron chi connectivity index (χ1n) is 10.1. The maximum atomic E-state index is 4.00. The zero-order valence-electron chi connectivity index (χ0n) is 18.2. The molecule has 0 aliphatic heterocycles. The lowest BCUT2D eigenvalue weighted by Crippen LogP contribution is -1.98. The van der Waals surface area contributed by atoms with Gasteiger partial charge in [0, 0.05) is 11.4 Å². The third-order valence-electron chi connectivity index (χ3n) is 3.12. The monoisotopic (exact) mass is 353 g/mol. The molecule has 0 bridgehead atoms. The highest BCUT2D eigenvalue weighted by Gasteiger charge is 2.07. The molecule has 1 N–H and O–H groups in total. The minimum absolute atomic E-state index is 0.956. The van der Waals surface area contributed by atoms with Crippen LogP contribution in [0.25, 0.3) is 6.08 Å². The lowest BCUT2D eigenvalue weighted by Gasteiger charge is -2.14. The predicted molar refractivity (Wildman–Crippen MR) is 123 cm³/mol. The number of benzene rings is 2. The summed E-state index contributed by atoms with van der Waals surface area (Å²) in [7, 11) is 0. The maximum Gasteiger partial charge on any atom is 0.0390 e. The van der Waals surface area contributed by atoms with Crippen LogP contribution in [0.1, 0.15) is 66.5 Å². The number of hydrogen-bond donors (Lipinski definition) is 1. The lowest BCUT2D eigenvalue weighted by molar-refractivity contribution is 1.18. The van der Waals surface area contributed by atoms with Gasteiger partial charge in [0.05, 0.1) is 0 Å². The second-order valence-electron chi connectivity index (χ2n) is 4.57. The fourth-order valence-electron chi connectivity index (χ4n) is 2.19. The number of fused-ring (bicyclic) bond motifs is 1. The molecule has 0 radical (unpaired) electrons. The second kappa shape index (κ2) is 17.5. The SMILES string of the molecule is C=C1C=Cc2cc(Nc3ccccc3)ccc2C1.CC.CC.CC.CC. The van der Waals surface area contributed by atoms with E-state index in [2.05, 4.69) is 54.4 Å². The van der Waals surface area contributed by atoms with Gasteiger partial charge in [-0.05, 0) is 41.8 Å². The summed E-state index contributed by atoms with van der Waals surface area (Å²) >= 11 is 0. The van der Waals surface area contributed by atoms with E-state index in [0.717, 1.165) is 17.8 Å². The first-order valence-corrected chi connectivity index (χ1v) is 10.1. The standard InChI is InChI=1S/C17H15N.4C2H6/c1-13-7-8-15-12-17(10-9-14(15)11-13)18-16-5-3-2-4-6-16;4*1-2/h2-10,12,18H,1,11H2;4*1-2H3. The van der Waals surface area contributed by atoms with Gasteiger partial charge in [-0.25, -0.2) is 0 Å². The summed E-state index contributed by atoms with van der Waals surface area (Å²) in [6.07, 6.45) is 5.18. The van der Waals surface area contributed by atoms with Gasteiger partial charge >= 0.3 is 0 Å². The largest absolute Gasteiger partial charge is 0.356 e. The molecule has 3 rings (SSSR count). The summed E-state index contributed by atoms with van der Waals surface area (Å²) in [5, 5.41) is 3.41. The second-order valence-corrected chi connectivity index (χ2v) is 4.57. The van der Waals surface area contributed by atoms with E-state index < -0.39 is 0 Å². The van der Waals surface area contributed by atoms with Gasteiger partial charge in [-0.15, -0.1) is 0 Å². The Morgan fingerprint density at radius 1 is 0.692 bits per heavy atom. The third-order valence-corrected chi connectivity index (χ3v) is 3.12. The number of hydrogen-bond acceptors (Lipinski definition) is 1. The zero-order valence-corrected chi connectivity index (χ0v) is 18.2. The summed E-state index contributed by atoms with van der Waals surface area (Å²) in [5.74, 6) is 0. The van der Waals surface area contributed by atoms with Crippen LogP contribution in [0.5, 0.6) is 0 Å². The molecule has 144 valence electrons. The summed E-state index contributed by atoms with van der Waals surface area (Å²) in [4.78, 5) is 0. The van der Waals surface area contributed by atoms with Crippen LogP contribution < -0.4 is 5.32 Å². The molecule has 0 spiro atoms. The van der Waals surface area contributed by atoms with Crippen molar-refractivity contribution in [1.82, 2.24) is 0 Å². The summed E-state index contributed by atoms with van der Waals surface area (Å²) < 4.78 is 0. The smallest absolute Gasteiger partial charge is 0.0390 e. The van der Waals surface area contributed by atoms with Crippen molar-refractivity contribution >= 4 is 17.5 Å². The Kier molecular flexibility index (Phi) is 17.5. The Bertz CT molecular complexity index is 609. The van der Waals surface area contributed by atoms with Crippen molar-refractivity contribution < 1.29 is 0 Å². The van der Waals surface area contributed by atoms with Crippen LogP contribution >= 0.6 is 0 Å².